The zero-order valence-electron chi connectivity index (χ0n) is 20.8. The van der Waals surface area contributed by atoms with Crippen molar-refractivity contribution in [3.05, 3.63) is 75.9 Å². The summed E-state index contributed by atoms with van der Waals surface area (Å²) in [6, 6.07) is 8.15. The molecule has 2 N–H and O–H groups in total. The van der Waals surface area contributed by atoms with Gasteiger partial charge in [0.05, 0.1) is 12.2 Å². The average Bonchev–Trinajstić information content (AvgIpc) is 3.48. The Bertz CT molecular complexity index is 1630. The number of pyridine rings is 1. The van der Waals surface area contributed by atoms with Gasteiger partial charge in [-0.1, -0.05) is 11.6 Å². The second-order valence-electron chi connectivity index (χ2n) is 9.35. The molecule has 11 nitrogen and oxygen atoms in total. The Morgan fingerprint density at radius 1 is 1.15 bits per heavy atom. The van der Waals surface area contributed by atoms with Crippen molar-refractivity contribution in [1.29, 1.82) is 0 Å². The number of hydrogen-bond acceptors (Lipinski definition) is 7. The van der Waals surface area contributed by atoms with Crippen molar-refractivity contribution in [2.75, 3.05) is 0 Å². The molecule has 1 saturated carbocycles. The Balaban J connectivity index is 1.42. The van der Waals surface area contributed by atoms with Crippen molar-refractivity contribution in [1.82, 2.24) is 39.4 Å². The van der Waals surface area contributed by atoms with Crippen LogP contribution in [0.25, 0.3) is 17.1 Å². The fraction of sp³-hybridized carbons (Fsp3) is 0.333. The number of aliphatic hydroxyl groups is 1. The summed E-state index contributed by atoms with van der Waals surface area (Å²) in [5.74, 6) is -3.66. The van der Waals surface area contributed by atoms with Crippen molar-refractivity contribution >= 4 is 17.5 Å². The molecule has 1 aliphatic rings. The second kappa shape index (κ2) is 10.7. The molecular weight excluding hydrogens is 579 g/mol. The SMILES string of the molecule is O=C(NC1CC(F)(F)C1)c1ncccc1-n1cnc(Cn2nc(-c3ccc(Cl)cc3)n(CC(O)C(F)(F)F)c2=O)n1. The van der Waals surface area contributed by atoms with E-state index in [-0.39, 0.29) is 35.1 Å². The van der Waals surface area contributed by atoms with Gasteiger partial charge in [-0.25, -0.2) is 32.9 Å². The molecule has 1 fully saturated rings. The molecule has 216 valence electrons. The van der Waals surface area contributed by atoms with Gasteiger partial charge in [0.25, 0.3) is 11.8 Å². The van der Waals surface area contributed by atoms with Crippen LogP contribution in [0.1, 0.15) is 29.2 Å². The second-order valence-corrected chi connectivity index (χ2v) is 9.79. The third kappa shape index (κ3) is 6.12. The quantitative estimate of drug-likeness (QED) is 0.298. The Labute approximate surface area is 232 Å². The minimum atomic E-state index is -4.98. The summed E-state index contributed by atoms with van der Waals surface area (Å²) in [4.78, 5) is 33.9. The number of amides is 1. The van der Waals surface area contributed by atoms with Crippen LogP contribution in [0.2, 0.25) is 5.02 Å². The molecule has 1 atom stereocenters. The number of halogens is 6. The lowest BCUT2D eigenvalue weighted by atomic mass is 9.88. The van der Waals surface area contributed by atoms with Crippen LogP contribution < -0.4 is 11.0 Å². The van der Waals surface area contributed by atoms with Gasteiger partial charge in [-0.2, -0.15) is 13.2 Å². The standard InChI is InChI=1S/C24H20ClF5N8O3/c25-14-5-3-13(4-6-14)20-35-37(22(41)36(20)10-17(39)24(28,29)30)11-18-32-12-38(34-18)16-2-1-7-31-19(16)21(40)33-15-8-23(26,27)9-15/h1-7,12,15,17,39H,8-11H2,(H,33,40). The first-order valence-corrected chi connectivity index (χ1v) is 12.4. The van der Waals surface area contributed by atoms with Gasteiger partial charge in [-0.15, -0.1) is 10.2 Å². The monoisotopic (exact) mass is 598 g/mol. The van der Waals surface area contributed by atoms with E-state index in [1.807, 2.05) is 0 Å². The van der Waals surface area contributed by atoms with Gasteiger partial charge in [-0.05, 0) is 36.4 Å². The molecule has 4 aromatic rings. The fourth-order valence-corrected chi connectivity index (χ4v) is 4.32. The van der Waals surface area contributed by atoms with E-state index in [1.165, 1.54) is 53.6 Å². The van der Waals surface area contributed by atoms with E-state index in [0.29, 0.717) is 9.59 Å². The van der Waals surface area contributed by atoms with E-state index < -0.39 is 55.2 Å². The summed E-state index contributed by atoms with van der Waals surface area (Å²) in [6.45, 7) is -1.48. The Morgan fingerprint density at radius 2 is 1.85 bits per heavy atom. The molecule has 0 bridgehead atoms. The van der Waals surface area contributed by atoms with E-state index >= 15 is 0 Å². The number of carbonyl (C=O) groups excluding carboxylic acids is 1. The maximum Gasteiger partial charge on any atom is 0.416 e. The van der Waals surface area contributed by atoms with Crippen LogP contribution in [0.5, 0.6) is 0 Å². The lowest BCUT2D eigenvalue weighted by molar-refractivity contribution is -0.207. The molecule has 17 heteroatoms. The van der Waals surface area contributed by atoms with Crippen LogP contribution in [0.4, 0.5) is 22.0 Å². The summed E-state index contributed by atoms with van der Waals surface area (Å²) in [5.41, 5.74) is -0.628. The first-order chi connectivity index (χ1) is 19.3. The summed E-state index contributed by atoms with van der Waals surface area (Å²) < 4.78 is 68.3. The highest BCUT2D eigenvalue weighted by Crippen LogP contribution is 2.37. The summed E-state index contributed by atoms with van der Waals surface area (Å²) in [5, 5.41) is 20.9. The maximum atomic E-state index is 13.2. The summed E-state index contributed by atoms with van der Waals surface area (Å²) >= 11 is 5.90. The van der Waals surface area contributed by atoms with Crippen molar-refractivity contribution in [2.24, 2.45) is 0 Å². The largest absolute Gasteiger partial charge is 0.416 e. The molecule has 0 aliphatic heterocycles. The van der Waals surface area contributed by atoms with Gasteiger partial charge >= 0.3 is 11.9 Å². The molecule has 1 amide bonds. The van der Waals surface area contributed by atoms with Gasteiger partial charge in [0.1, 0.15) is 12.9 Å². The number of aromatic nitrogens is 7. The molecule has 0 spiro atoms. The highest BCUT2D eigenvalue weighted by Gasteiger charge is 2.46. The van der Waals surface area contributed by atoms with Gasteiger partial charge in [0.2, 0.25) is 0 Å². The van der Waals surface area contributed by atoms with E-state index in [4.69, 9.17) is 11.6 Å². The maximum absolute atomic E-state index is 13.2. The van der Waals surface area contributed by atoms with Crippen LogP contribution in [-0.2, 0) is 13.1 Å². The molecule has 3 heterocycles. The molecule has 1 aromatic carbocycles. The lowest BCUT2D eigenvalue weighted by Crippen LogP contribution is -2.50. The predicted molar refractivity (Wildman–Crippen MR) is 133 cm³/mol. The Kier molecular flexibility index (Phi) is 7.37. The zero-order valence-corrected chi connectivity index (χ0v) is 21.5. The van der Waals surface area contributed by atoms with Crippen LogP contribution in [0.3, 0.4) is 0 Å². The first kappa shape index (κ1) is 28.4. The van der Waals surface area contributed by atoms with Crippen LogP contribution >= 0.6 is 11.6 Å². The van der Waals surface area contributed by atoms with Crippen molar-refractivity contribution in [3.8, 4) is 17.1 Å². The van der Waals surface area contributed by atoms with Gasteiger partial charge < -0.3 is 10.4 Å². The minimum absolute atomic E-state index is 0.00428. The third-order valence-electron chi connectivity index (χ3n) is 6.26. The predicted octanol–water partition coefficient (Wildman–Crippen LogP) is 2.84. The average molecular weight is 599 g/mol. The first-order valence-electron chi connectivity index (χ1n) is 12.0. The minimum Gasteiger partial charge on any atom is -0.382 e. The van der Waals surface area contributed by atoms with Crippen LogP contribution in [0.15, 0.2) is 53.7 Å². The number of alkyl halides is 5. The van der Waals surface area contributed by atoms with E-state index in [2.05, 4.69) is 25.5 Å². The van der Waals surface area contributed by atoms with E-state index in [0.717, 1.165) is 4.68 Å². The molecule has 5 rings (SSSR count). The molecule has 0 radical (unpaired) electrons. The fourth-order valence-electron chi connectivity index (χ4n) is 4.19. The highest BCUT2D eigenvalue weighted by atomic mass is 35.5. The molecule has 3 aromatic heterocycles. The number of aliphatic hydroxyl groups excluding tert-OH is 1. The normalized spacial score (nSPS) is 15.9. The highest BCUT2D eigenvalue weighted by molar-refractivity contribution is 6.30. The molecule has 1 aliphatic carbocycles. The number of nitrogens with zero attached hydrogens (tertiary/aromatic N) is 7. The molecule has 0 saturated heterocycles. The number of hydrogen-bond donors (Lipinski definition) is 2. The number of benzene rings is 1. The molecular formula is C24H20ClF5N8O3. The Hall–Kier alpha value is -4.18. The van der Waals surface area contributed by atoms with Crippen LogP contribution in [0, 0.1) is 0 Å². The molecule has 41 heavy (non-hydrogen) atoms. The van der Waals surface area contributed by atoms with Gasteiger partial charge in [0.15, 0.2) is 23.4 Å². The third-order valence-corrected chi connectivity index (χ3v) is 6.51. The number of carbonyl (C=O) groups is 1. The number of rotatable bonds is 8. The van der Waals surface area contributed by atoms with E-state index in [1.54, 1.807) is 0 Å². The van der Waals surface area contributed by atoms with Crippen molar-refractivity contribution in [3.63, 3.8) is 0 Å². The number of nitrogens with one attached hydrogen (secondary N) is 1. The zero-order chi connectivity index (χ0) is 29.5. The lowest BCUT2D eigenvalue weighted by Gasteiger charge is -2.35. The van der Waals surface area contributed by atoms with Gasteiger partial charge in [0, 0.05) is 35.7 Å². The topological polar surface area (TPSA) is 133 Å². The summed E-state index contributed by atoms with van der Waals surface area (Å²) in [7, 11) is 0. The van der Waals surface area contributed by atoms with Gasteiger partial charge in [-0.3, -0.25) is 9.36 Å². The van der Waals surface area contributed by atoms with Crippen molar-refractivity contribution in [2.45, 2.75) is 50.2 Å². The summed E-state index contributed by atoms with van der Waals surface area (Å²) in [6.07, 6.45) is -6.21. The smallest absolute Gasteiger partial charge is 0.382 e. The molecule has 1 unspecified atom stereocenters. The van der Waals surface area contributed by atoms with Crippen LogP contribution in [-0.4, -0.2) is 69.4 Å². The van der Waals surface area contributed by atoms with Crippen molar-refractivity contribution < 1.29 is 31.9 Å². The van der Waals surface area contributed by atoms with E-state index in [9.17, 15) is 36.6 Å². The Morgan fingerprint density at radius 3 is 2.51 bits per heavy atom.